The molecule has 0 saturated heterocycles. The molecule has 41 heavy (non-hydrogen) atoms. The van der Waals surface area contributed by atoms with E-state index in [0.717, 1.165) is 23.2 Å². The van der Waals surface area contributed by atoms with Crippen molar-refractivity contribution < 1.29 is 19.2 Å². The molecular formula is C31H33N5O5. The smallest absolute Gasteiger partial charge is 0.273 e. The summed E-state index contributed by atoms with van der Waals surface area (Å²) in [5, 5.41) is 19.2. The van der Waals surface area contributed by atoms with Crippen LogP contribution >= 0.6 is 0 Å². The Morgan fingerprint density at radius 2 is 1.76 bits per heavy atom. The van der Waals surface area contributed by atoms with Gasteiger partial charge in [-0.15, -0.1) is 0 Å². The van der Waals surface area contributed by atoms with Gasteiger partial charge in [-0.1, -0.05) is 49.7 Å². The molecule has 0 radical (unpaired) electrons. The van der Waals surface area contributed by atoms with Crippen molar-refractivity contribution >= 4 is 23.3 Å². The summed E-state index contributed by atoms with van der Waals surface area (Å²) in [5.41, 5.74) is 3.56. The van der Waals surface area contributed by atoms with E-state index in [4.69, 9.17) is 9.84 Å². The molecule has 0 atom stereocenters. The summed E-state index contributed by atoms with van der Waals surface area (Å²) in [5.74, 6) is 0.299. The number of ether oxygens (including phenoxy) is 1. The zero-order chi connectivity index (χ0) is 29.5. The number of aryl methyl sites for hydroxylation is 2. The Labute approximate surface area is 238 Å². The van der Waals surface area contributed by atoms with E-state index in [1.165, 1.54) is 11.0 Å². The number of hydrogen-bond donors (Lipinski definition) is 1. The summed E-state index contributed by atoms with van der Waals surface area (Å²) < 4.78 is 6.95. The predicted octanol–water partition coefficient (Wildman–Crippen LogP) is 5.95. The monoisotopic (exact) mass is 555 g/mol. The molecular weight excluding hydrogens is 522 g/mol. The fraction of sp³-hybridized carbons (Fsp3) is 0.258. The summed E-state index contributed by atoms with van der Waals surface area (Å²) in [7, 11) is 1.59. The molecule has 2 amide bonds. The lowest BCUT2D eigenvalue weighted by molar-refractivity contribution is -0.385. The minimum Gasteiger partial charge on any atom is -0.497 e. The highest BCUT2D eigenvalue weighted by Gasteiger charge is 2.24. The number of methoxy groups -OCH3 is 1. The summed E-state index contributed by atoms with van der Waals surface area (Å²) in [4.78, 5) is 39.4. The van der Waals surface area contributed by atoms with Crippen molar-refractivity contribution in [3.05, 3.63) is 99.7 Å². The van der Waals surface area contributed by atoms with E-state index >= 15 is 0 Å². The lowest BCUT2D eigenvalue weighted by Crippen LogP contribution is -2.39. The van der Waals surface area contributed by atoms with Gasteiger partial charge in [0.1, 0.15) is 18.1 Å². The van der Waals surface area contributed by atoms with Crippen LogP contribution in [0.3, 0.4) is 0 Å². The Hall–Kier alpha value is -4.99. The summed E-state index contributed by atoms with van der Waals surface area (Å²) in [6.07, 6.45) is 1.48. The molecule has 0 aliphatic carbocycles. The minimum atomic E-state index is -0.511. The van der Waals surface area contributed by atoms with Crippen molar-refractivity contribution in [2.24, 2.45) is 0 Å². The van der Waals surface area contributed by atoms with Crippen LogP contribution in [0.4, 0.5) is 11.5 Å². The van der Waals surface area contributed by atoms with Gasteiger partial charge in [0.25, 0.3) is 11.6 Å². The van der Waals surface area contributed by atoms with Crippen LogP contribution in [0.15, 0.2) is 72.8 Å². The molecule has 0 saturated carbocycles. The van der Waals surface area contributed by atoms with Gasteiger partial charge >= 0.3 is 0 Å². The normalized spacial score (nSPS) is 10.7. The number of carbonyl (C=O) groups excluding carboxylic acids is 2. The average molecular weight is 556 g/mol. The van der Waals surface area contributed by atoms with E-state index in [1.807, 2.05) is 68.4 Å². The first-order chi connectivity index (χ1) is 19.7. The van der Waals surface area contributed by atoms with E-state index in [2.05, 4.69) is 5.32 Å². The summed E-state index contributed by atoms with van der Waals surface area (Å²) in [6.45, 7) is 5.57. The zero-order valence-corrected chi connectivity index (χ0v) is 23.6. The molecule has 0 aliphatic rings. The molecule has 0 spiro atoms. The van der Waals surface area contributed by atoms with Gasteiger partial charge in [0.2, 0.25) is 5.91 Å². The lowest BCUT2D eigenvalue weighted by atomic mass is 10.1. The van der Waals surface area contributed by atoms with Crippen LogP contribution in [0.2, 0.25) is 0 Å². The molecule has 0 aliphatic heterocycles. The first-order valence-corrected chi connectivity index (χ1v) is 13.4. The molecule has 4 rings (SSSR count). The van der Waals surface area contributed by atoms with Gasteiger partial charge in [-0.25, -0.2) is 4.68 Å². The van der Waals surface area contributed by atoms with E-state index in [0.29, 0.717) is 35.8 Å². The molecule has 1 N–H and O–H groups in total. The molecule has 3 aromatic carbocycles. The number of hydrogen-bond acceptors (Lipinski definition) is 6. The Kier molecular flexibility index (Phi) is 9.13. The van der Waals surface area contributed by atoms with Gasteiger partial charge < -0.3 is 15.0 Å². The molecule has 0 bridgehead atoms. The Morgan fingerprint density at radius 3 is 2.39 bits per heavy atom. The molecule has 212 valence electrons. The van der Waals surface area contributed by atoms with Gasteiger partial charge in [-0.05, 0) is 56.2 Å². The second-order valence-electron chi connectivity index (χ2n) is 9.67. The van der Waals surface area contributed by atoms with Crippen LogP contribution in [0.25, 0.3) is 16.8 Å². The van der Waals surface area contributed by atoms with Crippen LogP contribution in [-0.4, -0.2) is 51.6 Å². The second-order valence-corrected chi connectivity index (χ2v) is 9.67. The Morgan fingerprint density at radius 1 is 1.05 bits per heavy atom. The number of aromatic nitrogens is 2. The van der Waals surface area contributed by atoms with Crippen molar-refractivity contribution in [3.63, 3.8) is 0 Å². The van der Waals surface area contributed by atoms with Crippen molar-refractivity contribution in [3.8, 4) is 22.6 Å². The topological polar surface area (TPSA) is 120 Å². The summed E-state index contributed by atoms with van der Waals surface area (Å²) >= 11 is 0. The highest BCUT2D eigenvalue weighted by Crippen LogP contribution is 2.34. The van der Waals surface area contributed by atoms with E-state index in [9.17, 15) is 19.7 Å². The van der Waals surface area contributed by atoms with Crippen molar-refractivity contribution in [1.29, 1.82) is 0 Å². The number of nitro groups is 1. The first-order valence-electron chi connectivity index (χ1n) is 13.4. The Bertz CT molecular complexity index is 1550. The number of benzene rings is 3. The maximum Gasteiger partial charge on any atom is 0.273 e. The van der Waals surface area contributed by atoms with Gasteiger partial charge in [0, 0.05) is 29.3 Å². The largest absolute Gasteiger partial charge is 0.497 e. The van der Waals surface area contributed by atoms with Crippen LogP contribution in [-0.2, 0) is 4.79 Å². The molecule has 1 aromatic heterocycles. The van der Waals surface area contributed by atoms with Crippen molar-refractivity contribution in [2.75, 3.05) is 25.5 Å². The fourth-order valence-electron chi connectivity index (χ4n) is 4.57. The third kappa shape index (κ3) is 6.60. The number of rotatable bonds is 11. The molecule has 10 heteroatoms. The van der Waals surface area contributed by atoms with E-state index < -0.39 is 16.7 Å². The predicted molar refractivity (Wildman–Crippen MR) is 158 cm³/mol. The third-order valence-electron chi connectivity index (χ3n) is 6.75. The maximum atomic E-state index is 13.6. The van der Waals surface area contributed by atoms with E-state index in [-0.39, 0.29) is 17.8 Å². The molecule has 10 nitrogen and oxygen atoms in total. The molecule has 4 aromatic rings. The number of nitrogens with one attached hydrogen (secondary N) is 1. The maximum absolute atomic E-state index is 13.6. The zero-order valence-electron chi connectivity index (χ0n) is 23.6. The average Bonchev–Trinajstić information content (AvgIpc) is 3.30. The number of anilines is 1. The van der Waals surface area contributed by atoms with Crippen LogP contribution in [0.5, 0.6) is 5.75 Å². The van der Waals surface area contributed by atoms with Crippen LogP contribution < -0.4 is 10.1 Å². The number of nitrogens with zero attached hydrogens (tertiary/aromatic N) is 4. The standard InChI is InChI=1S/C31H33N5O5/c1-5-6-18-34(31(38)24-13-12-21(2)27(19-24)36(39)40)20-28(37)32-30-29(23-10-8-7-9-11-23)22(3)33-35(30)25-14-16-26(41-4)17-15-25/h7-17,19H,5-6,18,20H2,1-4H3,(H,32,37). The minimum absolute atomic E-state index is 0.137. The number of carbonyl (C=O) groups is 2. The molecule has 1 heterocycles. The van der Waals surface area contributed by atoms with Crippen LogP contribution in [0.1, 0.15) is 41.4 Å². The summed E-state index contributed by atoms with van der Waals surface area (Å²) in [6, 6.07) is 21.3. The van der Waals surface area contributed by atoms with Crippen LogP contribution in [0, 0.1) is 24.0 Å². The van der Waals surface area contributed by atoms with Crippen molar-refractivity contribution in [1.82, 2.24) is 14.7 Å². The SMILES string of the molecule is CCCCN(CC(=O)Nc1c(-c2ccccc2)c(C)nn1-c1ccc(OC)cc1)C(=O)c1ccc(C)c([N+](=O)[O-])c1. The van der Waals surface area contributed by atoms with Crippen molar-refractivity contribution in [2.45, 2.75) is 33.6 Å². The fourth-order valence-corrected chi connectivity index (χ4v) is 4.57. The third-order valence-corrected chi connectivity index (χ3v) is 6.75. The lowest BCUT2D eigenvalue weighted by Gasteiger charge is -2.22. The van der Waals surface area contributed by atoms with Gasteiger partial charge in [-0.3, -0.25) is 19.7 Å². The number of amides is 2. The quantitative estimate of drug-likeness (QED) is 0.180. The molecule has 0 unspecified atom stereocenters. The number of unbranched alkanes of at least 4 members (excludes halogenated alkanes) is 1. The van der Waals surface area contributed by atoms with Gasteiger partial charge in [0.15, 0.2) is 0 Å². The van der Waals surface area contributed by atoms with E-state index in [1.54, 1.807) is 30.8 Å². The van der Waals surface area contributed by atoms with Gasteiger partial charge in [-0.2, -0.15) is 5.10 Å². The molecule has 0 fully saturated rings. The second kappa shape index (κ2) is 12.9. The Balaban J connectivity index is 1.68. The highest BCUT2D eigenvalue weighted by molar-refractivity contribution is 6.01. The number of nitro benzene ring substituents is 1. The first kappa shape index (κ1) is 29.0. The van der Waals surface area contributed by atoms with Gasteiger partial charge in [0.05, 0.1) is 23.4 Å². The highest BCUT2D eigenvalue weighted by atomic mass is 16.6.